The van der Waals surface area contributed by atoms with Crippen LogP contribution in [0.3, 0.4) is 0 Å². The summed E-state index contributed by atoms with van der Waals surface area (Å²) < 4.78 is 6.58. The Bertz CT molecular complexity index is 2890. The van der Waals surface area contributed by atoms with Crippen LogP contribution in [-0.2, 0) is 0 Å². The molecule has 2 heteroatoms. The molecule has 0 bridgehead atoms. The fourth-order valence-corrected chi connectivity index (χ4v) is 7.65. The van der Waals surface area contributed by atoms with Crippen LogP contribution in [0.4, 0.5) is 17.1 Å². The Morgan fingerprint density at radius 3 is 1.69 bits per heavy atom. The summed E-state index contributed by atoms with van der Waals surface area (Å²) in [6.07, 6.45) is 0. The Hall–Kier alpha value is -6.90. The van der Waals surface area contributed by atoms with Crippen LogP contribution in [0.1, 0.15) is 0 Å². The van der Waals surface area contributed by atoms with E-state index in [0.717, 1.165) is 44.7 Å². The second kappa shape index (κ2) is 12.5. The molecule has 0 radical (unpaired) electrons. The molecule has 0 saturated carbocycles. The number of nitrogens with zero attached hydrogens (tertiary/aromatic N) is 1. The lowest BCUT2D eigenvalue weighted by Gasteiger charge is -2.26. The minimum atomic E-state index is 0.906. The van der Waals surface area contributed by atoms with Crippen molar-refractivity contribution in [1.29, 1.82) is 0 Å². The second-order valence-corrected chi connectivity index (χ2v) is 13.4. The molecule has 1 heterocycles. The number of hydrogen-bond donors (Lipinski definition) is 0. The summed E-state index contributed by atoms with van der Waals surface area (Å²) in [5.41, 5.74) is 12.1. The molecule has 0 spiro atoms. The molecule has 0 aliphatic heterocycles. The predicted molar refractivity (Wildman–Crippen MR) is 220 cm³/mol. The standard InChI is InChI=1S/C50H33NO/c1-2-11-34(12-3-1)39-16-10-17-44(32-39)51(42-27-23-36(24-28-42)40-22-21-35-13-4-5-14-38(35)31-40)43-29-25-37(26-30-43)47-33-41-15-6-7-18-45(41)49-46-19-8-9-20-48(46)52-50(47)49/h1-33H. The Morgan fingerprint density at radius 2 is 0.904 bits per heavy atom. The maximum Gasteiger partial charge on any atom is 0.143 e. The lowest BCUT2D eigenvalue weighted by atomic mass is 9.96. The van der Waals surface area contributed by atoms with Crippen molar-refractivity contribution in [1.82, 2.24) is 0 Å². The van der Waals surface area contributed by atoms with Gasteiger partial charge in [-0.15, -0.1) is 0 Å². The van der Waals surface area contributed by atoms with Gasteiger partial charge in [-0.05, 0) is 104 Å². The molecule has 9 aromatic carbocycles. The zero-order valence-electron chi connectivity index (χ0n) is 28.4. The molecular weight excluding hydrogens is 631 g/mol. The van der Waals surface area contributed by atoms with Gasteiger partial charge in [-0.2, -0.15) is 0 Å². The van der Waals surface area contributed by atoms with Gasteiger partial charge in [0.15, 0.2) is 0 Å². The lowest BCUT2D eigenvalue weighted by molar-refractivity contribution is 0.670. The Kier molecular flexibility index (Phi) is 7.18. The van der Waals surface area contributed by atoms with Crippen LogP contribution in [0.25, 0.3) is 76.9 Å². The van der Waals surface area contributed by atoms with Crippen molar-refractivity contribution in [3.63, 3.8) is 0 Å². The van der Waals surface area contributed by atoms with Gasteiger partial charge in [0.2, 0.25) is 0 Å². The summed E-state index contributed by atoms with van der Waals surface area (Å²) in [4.78, 5) is 2.34. The monoisotopic (exact) mass is 663 g/mol. The molecule has 0 fully saturated rings. The zero-order valence-corrected chi connectivity index (χ0v) is 28.4. The molecule has 0 unspecified atom stereocenters. The van der Waals surface area contributed by atoms with E-state index >= 15 is 0 Å². The summed E-state index contributed by atoms with van der Waals surface area (Å²) in [6.45, 7) is 0. The van der Waals surface area contributed by atoms with E-state index in [9.17, 15) is 0 Å². The molecular formula is C50H33NO. The van der Waals surface area contributed by atoms with Crippen LogP contribution in [0.2, 0.25) is 0 Å². The summed E-state index contributed by atoms with van der Waals surface area (Å²) in [5.74, 6) is 0. The summed E-state index contributed by atoms with van der Waals surface area (Å²) >= 11 is 0. The minimum Gasteiger partial charge on any atom is -0.455 e. The fraction of sp³-hybridized carbons (Fsp3) is 0. The van der Waals surface area contributed by atoms with Crippen molar-refractivity contribution in [2.24, 2.45) is 0 Å². The third-order valence-corrected chi connectivity index (χ3v) is 10.2. The molecule has 10 rings (SSSR count). The molecule has 10 aromatic rings. The van der Waals surface area contributed by atoms with Crippen molar-refractivity contribution in [3.8, 4) is 33.4 Å². The van der Waals surface area contributed by atoms with Crippen molar-refractivity contribution in [2.75, 3.05) is 4.90 Å². The number of anilines is 3. The van der Waals surface area contributed by atoms with E-state index in [1.54, 1.807) is 0 Å². The molecule has 0 saturated heterocycles. The molecule has 244 valence electrons. The summed E-state index contributed by atoms with van der Waals surface area (Å²) in [5, 5.41) is 7.21. The first-order valence-electron chi connectivity index (χ1n) is 17.8. The van der Waals surface area contributed by atoms with E-state index in [2.05, 4.69) is 199 Å². The topological polar surface area (TPSA) is 16.4 Å². The fourth-order valence-electron chi connectivity index (χ4n) is 7.65. The highest BCUT2D eigenvalue weighted by atomic mass is 16.3. The number of fused-ring (bicyclic) bond motifs is 6. The number of furan rings is 1. The highest BCUT2D eigenvalue weighted by Crippen LogP contribution is 2.43. The highest BCUT2D eigenvalue weighted by Gasteiger charge is 2.18. The van der Waals surface area contributed by atoms with Gasteiger partial charge in [0.1, 0.15) is 11.2 Å². The molecule has 52 heavy (non-hydrogen) atoms. The first-order valence-corrected chi connectivity index (χ1v) is 17.8. The maximum atomic E-state index is 6.58. The van der Waals surface area contributed by atoms with Crippen LogP contribution in [0.15, 0.2) is 205 Å². The summed E-state index contributed by atoms with van der Waals surface area (Å²) in [6, 6.07) is 71.6. The van der Waals surface area contributed by atoms with Crippen LogP contribution >= 0.6 is 0 Å². The van der Waals surface area contributed by atoms with E-state index < -0.39 is 0 Å². The molecule has 1 aromatic heterocycles. The van der Waals surface area contributed by atoms with Crippen molar-refractivity contribution in [3.05, 3.63) is 200 Å². The van der Waals surface area contributed by atoms with E-state index in [1.165, 1.54) is 49.2 Å². The summed E-state index contributed by atoms with van der Waals surface area (Å²) in [7, 11) is 0. The van der Waals surface area contributed by atoms with Gasteiger partial charge in [0.05, 0.1) is 0 Å². The minimum absolute atomic E-state index is 0.906. The van der Waals surface area contributed by atoms with Gasteiger partial charge in [-0.1, -0.05) is 146 Å². The molecule has 0 amide bonds. The first kappa shape index (κ1) is 30.0. The van der Waals surface area contributed by atoms with E-state index in [4.69, 9.17) is 4.42 Å². The average Bonchev–Trinajstić information content (AvgIpc) is 3.62. The Labute approximate surface area is 302 Å². The van der Waals surface area contributed by atoms with Crippen molar-refractivity contribution >= 4 is 60.5 Å². The second-order valence-electron chi connectivity index (χ2n) is 13.4. The van der Waals surface area contributed by atoms with Gasteiger partial charge in [-0.25, -0.2) is 0 Å². The lowest BCUT2D eigenvalue weighted by Crippen LogP contribution is -2.10. The largest absolute Gasteiger partial charge is 0.455 e. The van der Waals surface area contributed by atoms with Gasteiger partial charge < -0.3 is 9.32 Å². The smallest absolute Gasteiger partial charge is 0.143 e. The first-order chi connectivity index (χ1) is 25.8. The van der Waals surface area contributed by atoms with Crippen LogP contribution in [0, 0.1) is 0 Å². The van der Waals surface area contributed by atoms with Crippen LogP contribution < -0.4 is 4.90 Å². The molecule has 0 aliphatic rings. The van der Waals surface area contributed by atoms with Gasteiger partial charge >= 0.3 is 0 Å². The van der Waals surface area contributed by atoms with Crippen molar-refractivity contribution in [2.45, 2.75) is 0 Å². The number of para-hydroxylation sites is 1. The Balaban J connectivity index is 1.09. The number of benzene rings is 9. The number of rotatable bonds is 6. The normalized spacial score (nSPS) is 11.5. The van der Waals surface area contributed by atoms with E-state index in [-0.39, 0.29) is 0 Å². The highest BCUT2D eigenvalue weighted by molar-refractivity contribution is 6.22. The number of hydrogen-bond acceptors (Lipinski definition) is 2. The molecule has 0 N–H and O–H groups in total. The average molecular weight is 664 g/mol. The third kappa shape index (κ3) is 5.21. The van der Waals surface area contributed by atoms with Crippen LogP contribution in [-0.4, -0.2) is 0 Å². The van der Waals surface area contributed by atoms with E-state index in [0.29, 0.717) is 0 Å². The van der Waals surface area contributed by atoms with Gasteiger partial charge in [0, 0.05) is 33.4 Å². The SMILES string of the molecule is c1ccc(-c2cccc(N(c3ccc(-c4ccc5ccccc5c4)cc3)c3ccc(-c4cc5ccccc5c5c4oc4ccccc45)cc3)c2)cc1. The van der Waals surface area contributed by atoms with Crippen LogP contribution in [0.5, 0.6) is 0 Å². The molecule has 2 nitrogen and oxygen atoms in total. The maximum absolute atomic E-state index is 6.58. The quantitative estimate of drug-likeness (QED) is 0.176. The third-order valence-electron chi connectivity index (χ3n) is 10.2. The molecule has 0 aliphatic carbocycles. The molecule has 0 atom stereocenters. The van der Waals surface area contributed by atoms with Gasteiger partial charge in [0.25, 0.3) is 0 Å². The van der Waals surface area contributed by atoms with Gasteiger partial charge in [-0.3, -0.25) is 0 Å². The Morgan fingerprint density at radius 1 is 0.327 bits per heavy atom. The zero-order chi connectivity index (χ0) is 34.4. The van der Waals surface area contributed by atoms with Crippen molar-refractivity contribution < 1.29 is 4.42 Å². The predicted octanol–water partition coefficient (Wildman–Crippen LogP) is 14.4. The van der Waals surface area contributed by atoms with E-state index in [1.807, 2.05) is 6.07 Å².